The van der Waals surface area contributed by atoms with Crippen LogP contribution in [0.25, 0.3) is 10.7 Å². The quantitative estimate of drug-likeness (QED) is 0.860. The molecule has 3 rings (SSSR count). The first-order chi connectivity index (χ1) is 8.67. The summed E-state index contributed by atoms with van der Waals surface area (Å²) in [5.74, 6) is -0.189. The summed E-state index contributed by atoms with van der Waals surface area (Å²) < 4.78 is 0. The van der Waals surface area contributed by atoms with E-state index in [-0.39, 0.29) is 5.91 Å². The number of hydrogen-bond donors (Lipinski definition) is 2. The van der Waals surface area contributed by atoms with Gasteiger partial charge >= 0.3 is 0 Å². The van der Waals surface area contributed by atoms with E-state index < -0.39 is 5.54 Å². The Morgan fingerprint density at radius 3 is 2.89 bits per heavy atom. The second-order valence-corrected chi connectivity index (χ2v) is 5.22. The maximum Gasteiger partial charge on any atom is 0.246 e. The lowest BCUT2D eigenvalue weighted by atomic mass is 10.3. The fourth-order valence-corrected chi connectivity index (χ4v) is 2.17. The highest BCUT2D eigenvalue weighted by molar-refractivity contribution is 7.18. The topological polar surface area (TPSA) is 93.8 Å². The monoisotopic (exact) mass is 261 g/mol. The standard InChI is InChI=1S/C11H11N5OS/c12-11(4-5-11)9(17)14-10-16-15-8(18-10)7-3-1-2-6-13-7/h1-3,6H,4-5,12H2,(H,14,16,17). The molecule has 1 fully saturated rings. The molecule has 92 valence electrons. The maximum absolute atomic E-state index is 11.7. The normalized spacial score (nSPS) is 16.3. The highest BCUT2D eigenvalue weighted by atomic mass is 32.1. The molecule has 0 aliphatic heterocycles. The molecule has 2 heterocycles. The van der Waals surface area contributed by atoms with Crippen LogP contribution in [-0.4, -0.2) is 26.6 Å². The average Bonchev–Trinajstić information content (AvgIpc) is 2.98. The van der Waals surface area contributed by atoms with Gasteiger partial charge in [0.15, 0.2) is 5.01 Å². The number of carbonyl (C=O) groups excluding carboxylic acids is 1. The number of rotatable bonds is 3. The van der Waals surface area contributed by atoms with Crippen LogP contribution in [0.1, 0.15) is 12.8 Å². The molecule has 0 aromatic carbocycles. The Kier molecular flexibility index (Phi) is 2.57. The maximum atomic E-state index is 11.7. The third-order valence-corrected chi connectivity index (χ3v) is 3.63. The van der Waals surface area contributed by atoms with Crippen LogP contribution in [0.3, 0.4) is 0 Å². The molecule has 2 aromatic heterocycles. The molecule has 18 heavy (non-hydrogen) atoms. The highest BCUT2D eigenvalue weighted by Crippen LogP contribution is 2.34. The number of amides is 1. The summed E-state index contributed by atoms with van der Waals surface area (Å²) in [6.07, 6.45) is 3.14. The van der Waals surface area contributed by atoms with Gasteiger partial charge in [-0.1, -0.05) is 17.4 Å². The molecule has 2 aromatic rings. The minimum atomic E-state index is -0.698. The van der Waals surface area contributed by atoms with Crippen molar-refractivity contribution in [3.05, 3.63) is 24.4 Å². The Balaban J connectivity index is 1.76. The zero-order chi connectivity index (χ0) is 12.6. The number of pyridine rings is 1. The smallest absolute Gasteiger partial charge is 0.246 e. The van der Waals surface area contributed by atoms with Crippen LogP contribution in [-0.2, 0) is 4.79 Å². The van der Waals surface area contributed by atoms with Gasteiger partial charge in [-0.25, -0.2) is 0 Å². The SMILES string of the molecule is NC1(C(=O)Nc2nnc(-c3ccccn3)s2)CC1. The number of anilines is 1. The summed E-state index contributed by atoms with van der Waals surface area (Å²) in [6.45, 7) is 0. The van der Waals surface area contributed by atoms with Gasteiger partial charge in [0.25, 0.3) is 0 Å². The number of aromatic nitrogens is 3. The molecule has 0 bridgehead atoms. The molecular formula is C11H11N5OS. The Morgan fingerprint density at radius 2 is 2.22 bits per heavy atom. The van der Waals surface area contributed by atoms with Crippen LogP contribution in [0.15, 0.2) is 24.4 Å². The van der Waals surface area contributed by atoms with Crippen molar-refractivity contribution >= 4 is 22.4 Å². The number of nitrogens with zero attached hydrogens (tertiary/aromatic N) is 3. The van der Waals surface area contributed by atoms with Gasteiger partial charge in [-0.2, -0.15) is 0 Å². The van der Waals surface area contributed by atoms with E-state index in [0.717, 1.165) is 18.5 Å². The predicted molar refractivity (Wildman–Crippen MR) is 67.9 cm³/mol. The molecule has 3 N–H and O–H groups in total. The van der Waals surface area contributed by atoms with Gasteiger partial charge in [-0.05, 0) is 25.0 Å². The minimum Gasteiger partial charge on any atom is -0.317 e. The molecule has 7 heteroatoms. The molecule has 0 radical (unpaired) electrons. The van der Waals surface area contributed by atoms with E-state index in [2.05, 4.69) is 20.5 Å². The molecule has 0 unspecified atom stereocenters. The Labute approximate surface area is 107 Å². The van der Waals surface area contributed by atoms with Crippen molar-refractivity contribution in [2.75, 3.05) is 5.32 Å². The minimum absolute atomic E-state index is 0.189. The molecule has 1 aliphatic carbocycles. The molecule has 0 atom stereocenters. The van der Waals surface area contributed by atoms with E-state index in [0.29, 0.717) is 10.1 Å². The van der Waals surface area contributed by atoms with Crippen LogP contribution < -0.4 is 11.1 Å². The molecule has 0 spiro atoms. The summed E-state index contributed by atoms with van der Waals surface area (Å²) in [6, 6.07) is 5.55. The van der Waals surface area contributed by atoms with Crippen LogP contribution in [0.2, 0.25) is 0 Å². The van der Waals surface area contributed by atoms with E-state index in [1.165, 1.54) is 11.3 Å². The fraction of sp³-hybridized carbons (Fsp3) is 0.273. The van der Waals surface area contributed by atoms with Crippen LogP contribution in [0, 0.1) is 0 Å². The zero-order valence-electron chi connectivity index (χ0n) is 9.46. The molecular weight excluding hydrogens is 250 g/mol. The van der Waals surface area contributed by atoms with Gasteiger partial charge in [0, 0.05) is 6.20 Å². The van der Waals surface area contributed by atoms with Gasteiger partial charge < -0.3 is 5.73 Å². The zero-order valence-corrected chi connectivity index (χ0v) is 10.3. The van der Waals surface area contributed by atoms with E-state index in [1.807, 2.05) is 18.2 Å². The number of nitrogens with two attached hydrogens (primary N) is 1. The van der Waals surface area contributed by atoms with Gasteiger partial charge in [0.2, 0.25) is 11.0 Å². The van der Waals surface area contributed by atoms with Gasteiger partial charge in [-0.15, -0.1) is 10.2 Å². The van der Waals surface area contributed by atoms with E-state index >= 15 is 0 Å². The van der Waals surface area contributed by atoms with Gasteiger partial charge in [0.05, 0.1) is 5.54 Å². The predicted octanol–water partition coefficient (Wildman–Crippen LogP) is 1.03. The summed E-state index contributed by atoms with van der Waals surface area (Å²) in [4.78, 5) is 15.9. The summed E-state index contributed by atoms with van der Waals surface area (Å²) in [5, 5.41) is 11.7. The molecule has 6 nitrogen and oxygen atoms in total. The number of nitrogens with one attached hydrogen (secondary N) is 1. The highest BCUT2D eigenvalue weighted by Gasteiger charge is 2.46. The second-order valence-electron chi connectivity index (χ2n) is 4.24. The van der Waals surface area contributed by atoms with Crippen LogP contribution in [0.4, 0.5) is 5.13 Å². The molecule has 0 saturated heterocycles. The Bertz CT molecular complexity index is 578. The third kappa shape index (κ3) is 2.09. The van der Waals surface area contributed by atoms with Crippen molar-refractivity contribution < 1.29 is 4.79 Å². The largest absolute Gasteiger partial charge is 0.317 e. The average molecular weight is 261 g/mol. The van der Waals surface area contributed by atoms with Crippen molar-refractivity contribution in [1.29, 1.82) is 0 Å². The number of carbonyl (C=O) groups is 1. The first-order valence-corrected chi connectivity index (χ1v) is 6.34. The molecule has 1 saturated carbocycles. The lowest BCUT2D eigenvalue weighted by Crippen LogP contribution is -2.37. The van der Waals surface area contributed by atoms with Crippen LogP contribution in [0.5, 0.6) is 0 Å². The lowest BCUT2D eigenvalue weighted by Gasteiger charge is -2.05. The summed E-state index contributed by atoms with van der Waals surface area (Å²) >= 11 is 1.29. The van der Waals surface area contributed by atoms with Crippen LogP contribution >= 0.6 is 11.3 Å². The molecule has 1 aliphatic rings. The lowest BCUT2D eigenvalue weighted by molar-refractivity contribution is -0.118. The number of hydrogen-bond acceptors (Lipinski definition) is 6. The van der Waals surface area contributed by atoms with Crippen molar-refractivity contribution in [1.82, 2.24) is 15.2 Å². The van der Waals surface area contributed by atoms with Gasteiger partial charge in [0.1, 0.15) is 5.69 Å². The molecule has 1 amide bonds. The van der Waals surface area contributed by atoms with E-state index in [4.69, 9.17) is 5.73 Å². The Hall–Kier alpha value is -1.86. The van der Waals surface area contributed by atoms with Gasteiger partial charge in [-0.3, -0.25) is 15.1 Å². The van der Waals surface area contributed by atoms with Crippen molar-refractivity contribution in [3.63, 3.8) is 0 Å². The van der Waals surface area contributed by atoms with Crippen molar-refractivity contribution in [2.24, 2.45) is 5.73 Å². The third-order valence-electron chi connectivity index (χ3n) is 2.77. The first-order valence-electron chi connectivity index (χ1n) is 5.53. The Morgan fingerprint density at radius 1 is 1.39 bits per heavy atom. The van der Waals surface area contributed by atoms with Crippen molar-refractivity contribution in [2.45, 2.75) is 18.4 Å². The first kappa shape index (κ1) is 11.2. The summed E-state index contributed by atoms with van der Waals surface area (Å²) in [7, 11) is 0. The van der Waals surface area contributed by atoms with E-state index in [9.17, 15) is 4.79 Å². The van der Waals surface area contributed by atoms with E-state index in [1.54, 1.807) is 6.20 Å². The van der Waals surface area contributed by atoms with Crippen molar-refractivity contribution in [3.8, 4) is 10.7 Å². The summed E-state index contributed by atoms with van der Waals surface area (Å²) in [5.41, 5.74) is 5.83. The fourth-order valence-electron chi connectivity index (χ4n) is 1.45. The second kappa shape index (κ2) is 4.11.